The summed E-state index contributed by atoms with van der Waals surface area (Å²) in [5.74, 6) is 3.78. The zero-order chi connectivity index (χ0) is 26.4. The normalized spacial score (nSPS) is 32.6. The first-order chi connectivity index (χ1) is 19.0. The van der Waals surface area contributed by atoms with Crippen LogP contribution in [0, 0.1) is 35.4 Å². The fraction of sp³-hybridized carbons (Fsp3) is 0.618. The number of para-hydroxylation sites is 1. The zero-order valence-electron chi connectivity index (χ0n) is 23.3. The molecule has 2 amide bonds. The molecule has 1 atom stereocenters. The van der Waals surface area contributed by atoms with Gasteiger partial charge in [-0.25, -0.2) is 9.18 Å². The van der Waals surface area contributed by atoms with E-state index in [0.29, 0.717) is 11.8 Å². The highest BCUT2D eigenvalue weighted by Crippen LogP contribution is 2.61. The van der Waals surface area contributed by atoms with Crippen LogP contribution in [0.4, 0.5) is 14.9 Å². The van der Waals surface area contributed by atoms with Crippen LogP contribution in [0.3, 0.4) is 0 Å². The first-order valence-electron chi connectivity index (χ1n) is 15.6. The summed E-state index contributed by atoms with van der Waals surface area (Å²) in [6.45, 7) is 5.08. The standard InChI is InChI=1S/C34H44FN3O/c35-30-7-5-24(6-8-30)15-25-9-12-37(13-10-25)22-26-11-14-38(23-26)33(39)36-32-4-2-1-3-31(32)34-19-27-16-28(20-34)18-29(17-27)21-34/h1-8,25-29H,9-23H2,(H,36,39). The van der Waals surface area contributed by atoms with Crippen molar-refractivity contribution < 1.29 is 9.18 Å². The average molecular weight is 530 g/mol. The molecule has 2 heterocycles. The molecule has 5 heteroatoms. The van der Waals surface area contributed by atoms with Gasteiger partial charge in [0.1, 0.15) is 5.82 Å². The predicted molar refractivity (Wildman–Crippen MR) is 154 cm³/mol. The first kappa shape index (κ1) is 25.6. The minimum atomic E-state index is -0.153. The highest BCUT2D eigenvalue weighted by molar-refractivity contribution is 5.90. The van der Waals surface area contributed by atoms with Crippen LogP contribution in [-0.4, -0.2) is 48.6 Å². The molecule has 4 nitrogen and oxygen atoms in total. The Labute approximate surface area is 233 Å². The molecule has 2 aromatic carbocycles. The van der Waals surface area contributed by atoms with Crippen molar-refractivity contribution in [3.8, 4) is 0 Å². The van der Waals surface area contributed by atoms with Gasteiger partial charge < -0.3 is 15.1 Å². The van der Waals surface area contributed by atoms with Crippen LogP contribution in [0.2, 0.25) is 0 Å². The van der Waals surface area contributed by atoms with E-state index in [0.717, 1.165) is 69.0 Å². The van der Waals surface area contributed by atoms with Crippen LogP contribution in [-0.2, 0) is 11.8 Å². The molecule has 4 aliphatic carbocycles. The van der Waals surface area contributed by atoms with E-state index in [-0.39, 0.29) is 17.3 Å². The van der Waals surface area contributed by atoms with E-state index in [2.05, 4.69) is 39.4 Å². The molecule has 6 aliphatic rings. The second kappa shape index (κ2) is 10.5. The summed E-state index contributed by atoms with van der Waals surface area (Å²) in [5.41, 5.74) is 4.01. The Kier molecular flexibility index (Phi) is 6.91. The van der Waals surface area contributed by atoms with Gasteiger partial charge in [-0.2, -0.15) is 0 Å². The molecule has 8 rings (SSSR count). The third kappa shape index (κ3) is 5.36. The lowest BCUT2D eigenvalue weighted by Gasteiger charge is -2.57. The fourth-order valence-electron chi connectivity index (χ4n) is 9.55. The summed E-state index contributed by atoms with van der Waals surface area (Å²) in [6, 6.07) is 15.8. The Morgan fingerprint density at radius 2 is 1.49 bits per heavy atom. The lowest BCUT2D eigenvalue weighted by Crippen LogP contribution is -2.49. The molecule has 1 N–H and O–H groups in total. The monoisotopic (exact) mass is 529 g/mol. The van der Waals surface area contributed by atoms with Crippen molar-refractivity contribution in [3.05, 3.63) is 65.5 Å². The molecule has 4 bridgehead atoms. The fourth-order valence-corrected chi connectivity index (χ4v) is 9.55. The van der Waals surface area contributed by atoms with Crippen LogP contribution in [0.5, 0.6) is 0 Å². The number of piperidine rings is 1. The van der Waals surface area contributed by atoms with E-state index in [4.69, 9.17) is 0 Å². The van der Waals surface area contributed by atoms with E-state index < -0.39 is 0 Å². The molecule has 0 radical (unpaired) electrons. The quantitative estimate of drug-likeness (QED) is 0.433. The Morgan fingerprint density at radius 1 is 0.846 bits per heavy atom. The average Bonchev–Trinajstić information content (AvgIpc) is 3.39. The lowest BCUT2D eigenvalue weighted by molar-refractivity contribution is -0.00485. The zero-order valence-corrected chi connectivity index (χ0v) is 23.3. The number of rotatable bonds is 6. The summed E-state index contributed by atoms with van der Waals surface area (Å²) in [7, 11) is 0. The molecule has 1 unspecified atom stereocenters. The van der Waals surface area contributed by atoms with Gasteiger partial charge in [0.2, 0.25) is 0 Å². The summed E-state index contributed by atoms with van der Waals surface area (Å²) >= 11 is 0. The molecular formula is C34H44FN3O. The molecule has 0 aromatic heterocycles. The number of likely N-dealkylation sites (tertiary alicyclic amines) is 2. The summed E-state index contributed by atoms with van der Waals surface area (Å²) in [6.07, 6.45) is 12.8. The number of carbonyl (C=O) groups excluding carboxylic acids is 1. The van der Waals surface area contributed by atoms with Crippen molar-refractivity contribution in [3.63, 3.8) is 0 Å². The van der Waals surface area contributed by atoms with E-state index in [9.17, 15) is 9.18 Å². The summed E-state index contributed by atoms with van der Waals surface area (Å²) in [5, 5.41) is 3.38. The number of anilines is 1. The molecule has 2 saturated heterocycles. The van der Waals surface area contributed by atoms with Gasteiger partial charge >= 0.3 is 6.03 Å². The van der Waals surface area contributed by atoms with E-state index in [1.807, 2.05) is 12.1 Å². The lowest BCUT2D eigenvalue weighted by atomic mass is 9.48. The molecule has 39 heavy (non-hydrogen) atoms. The van der Waals surface area contributed by atoms with Gasteiger partial charge in [0, 0.05) is 25.3 Å². The maximum atomic E-state index is 13.4. The number of amides is 2. The van der Waals surface area contributed by atoms with E-state index >= 15 is 0 Å². The molecule has 6 fully saturated rings. The smallest absolute Gasteiger partial charge is 0.321 e. The number of nitrogens with one attached hydrogen (secondary N) is 1. The Balaban J connectivity index is 0.918. The van der Waals surface area contributed by atoms with Crippen LogP contribution in [0.25, 0.3) is 0 Å². The minimum Gasteiger partial charge on any atom is -0.324 e. The maximum Gasteiger partial charge on any atom is 0.321 e. The topological polar surface area (TPSA) is 35.6 Å². The molecule has 0 spiro atoms. The summed E-state index contributed by atoms with van der Waals surface area (Å²) in [4.78, 5) is 18.1. The van der Waals surface area contributed by atoms with Crippen molar-refractivity contribution >= 4 is 11.7 Å². The van der Waals surface area contributed by atoms with Crippen LogP contribution in [0.1, 0.15) is 68.9 Å². The van der Waals surface area contributed by atoms with Gasteiger partial charge in [0.15, 0.2) is 0 Å². The Hall–Kier alpha value is -2.40. The number of benzene rings is 2. The Morgan fingerprint density at radius 3 is 2.18 bits per heavy atom. The van der Waals surface area contributed by atoms with Gasteiger partial charge in [-0.15, -0.1) is 0 Å². The van der Waals surface area contributed by atoms with E-state index in [1.165, 1.54) is 62.5 Å². The van der Waals surface area contributed by atoms with Crippen molar-refractivity contribution in [2.45, 2.75) is 69.6 Å². The SMILES string of the molecule is O=C(Nc1ccccc1C12CC3CC(CC(C3)C1)C2)N1CCC(CN2CCC(Cc3ccc(F)cc3)CC2)C1. The number of nitrogens with zero attached hydrogens (tertiary/aromatic N) is 2. The predicted octanol–water partition coefficient (Wildman–Crippen LogP) is 7.10. The number of carbonyl (C=O) groups is 1. The van der Waals surface area contributed by atoms with Crippen molar-refractivity contribution in [1.29, 1.82) is 0 Å². The van der Waals surface area contributed by atoms with E-state index in [1.54, 1.807) is 12.1 Å². The third-order valence-corrected chi connectivity index (χ3v) is 11.0. The number of hydrogen-bond donors (Lipinski definition) is 1. The van der Waals surface area contributed by atoms with Crippen molar-refractivity contribution in [1.82, 2.24) is 9.80 Å². The van der Waals surface area contributed by atoms with Crippen LogP contribution in [0.15, 0.2) is 48.5 Å². The second-order valence-electron chi connectivity index (χ2n) is 13.8. The highest BCUT2D eigenvalue weighted by Gasteiger charge is 2.52. The molecule has 4 saturated carbocycles. The Bertz CT molecular complexity index is 1140. The number of urea groups is 1. The maximum absolute atomic E-state index is 13.4. The van der Waals surface area contributed by atoms with Gasteiger partial charge in [-0.1, -0.05) is 30.3 Å². The molecule has 2 aliphatic heterocycles. The van der Waals surface area contributed by atoms with Gasteiger partial charge in [-0.05, 0) is 142 Å². The third-order valence-electron chi connectivity index (χ3n) is 11.0. The van der Waals surface area contributed by atoms with Crippen molar-refractivity contribution in [2.75, 3.05) is 38.0 Å². The van der Waals surface area contributed by atoms with Crippen LogP contribution < -0.4 is 5.32 Å². The van der Waals surface area contributed by atoms with Gasteiger partial charge in [-0.3, -0.25) is 0 Å². The number of halogens is 1. The largest absolute Gasteiger partial charge is 0.324 e. The van der Waals surface area contributed by atoms with Gasteiger partial charge in [0.25, 0.3) is 0 Å². The highest BCUT2D eigenvalue weighted by atomic mass is 19.1. The summed E-state index contributed by atoms with van der Waals surface area (Å²) < 4.78 is 13.2. The van der Waals surface area contributed by atoms with Crippen LogP contribution >= 0.6 is 0 Å². The number of hydrogen-bond acceptors (Lipinski definition) is 2. The molecule has 2 aromatic rings. The molecule has 208 valence electrons. The first-order valence-corrected chi connectivity index (χ1v) is 15.6. The second-order valence-corrected chi connectivity index (χ2v) is 13.8. The van der Waals surface area contributed by atoms with Gasteiger partial charge in [0.05, 0.1) is 0 Å². The molecular weight excluding hydrogens is 485 g/mol. The minimum absolute atomic E-state index is 0.0904. The van der Waals surface area contributed by atoms with Crippen molar-refractivity contribution in [2.24, 2.45) is 29.6 Å².